The number of amidine groups is 1. The van der Waals surface area contributed by atoms with Gasteiger partial charge < -0.3 is 10.2 Å². The van der Waals surface area contributed by atoms with Crippen LogP contribution in [-0.2, 0) is 4.79 Å². The maximum atomic E-state index is 12.0. The SMILES string of the molecule is CCN(C)C(=O)C(C)NC1=NC2CCCC2CS1. The van der Waals surface area contributed by atoms with Gasteiger partial charge in [-0.3, -0.25) is 9.79 Å². The van der Waals surface area contributed by atoms with Crippen LogP contribution in [0.25, 0.3) is 0 Å². The van der Waals surface area contributed by atoms with Gasteiger partial charge in [0.05, 0.1) is 6.04 Å². The molecule has 0 bridgehead atoms. The Hall–Kier alpha value is -0.710. The average Bonchev–Trinajstić information content (AvgIpc) is 2.84. The van der Waals surface area contributed by atoms with Crippen molar-refractivity contribution in [2.24, 2.45) is 10.9 Å². The number of fused-ring (bicyclic) bond motifs is 1. The number of nitrogens with one attached hydrogen (secondary N) is 1. The van der Waals surface area contributed by atoms with Gasteiger partial charge in [0.1, 0.15) is 6.04 Å². The second-order valence-electron chi connectivity index (χ2n) is 5.22. The molecule has 3 unspecified atom stereocenters. The number of rotatable bonds is 3. The molecule has 2 aliphatic rings. The molecule has 1 N–H and O–H groups in total. The topological polar surface area (TPSA) is 44.7 Å². The molecule has 0 spiro atoms. The predicted octanol–water partition coefficient (Wildman–Crippen LogP) is 1.71. The largest absolute Gasteiger partial charge is 0.353 e. The lowest BCUT2D eigenvalue weighted by atomic mass is 10.1. The number of nitrogens with zero attached hydrogens (tertiary/aromatic N) is 2. The highest BCUT2D eigenvalue weighted by Crippen LogP contribution is 2.35. The Morgan fingerprint density at radius 1 is 1.61 bits per heavy atom. The molecule has 1 aliphatic heterocycles. The van der Waals surface area contributed by atoms with E-state index in [0.29, 0.717) is 6.04 Å². The Morgan fingerprint density at radius 3 is 3.11 bits per heavy atom. The van der Waals surface area contributed by atoms with Gasteiger partial charge in [0, 0.05) is 19.3 Å². The highest BCUT2D eigenvalue weighted by molar-refractivity contribution is 8.13. The van der Waals surface area contributed by atoms with Crippen LogP contribution in [-0.4, -0.2) is 47.4 Å². The summed E-state index contributed by atoms with van der Waals surface area (Å²) in [5.74, 6) is 2.06. The summed E-state index contributed by atoms with van der Waals surface area (Å²) in [7, 11) is 1.84. The van der Waals surface area contributed by atoms with Crippen LogP contribution in [0.3, 0.4) is 0 Å². The van der Waals surface area contributed by atoms with Gasteiger partial charge in [-0.05, 0) is 32.6 Å². The van der Waals surface area contributed by atoms with E-state index in [0.717, 1.165) is 23.4 Å². The second kappa shape index (κ2) is 5.95. The maximum Gasteiger partial charge on any atom is 0.244 e. The maximum absolute atomic E-state index is 12.0. The Morgan fingerprint density at radius 2 is 2.39 bits per heavy atom. The normalized spacial score (nSPS) is 28.3. The van der Waals surface area contributed by atoms with Crippen LogP contribution in [0.1, 0.15) is 33.1 Å². The summed E-state index contributed by atoms with van der Waals surface area (Å²) in [6.07, 6.45) is 3.84. The fourth-order valence-corrected chi connectivity index (χ4v) is 3.80. The summed E-state index contributed by atoms with van der Waals surface area (Å²) >= 11 is 1.77. The van der Waals surface area contributed by atoms with Crippen molar-refractivity contribution in [2.45, 2.75) is 45.2 Å². The van der Waals surface area contributed by atoms with E-state index in [1.807, 2.05) is 20.9 Å². The quantitative estimate of drug-likeness (QED) is 0.848. The molecule has 0 radical (unpaired) electrons. The number of amides is 1. The number of aliphatic imine (C=N–C) groups is 1. The molecule has 4 nitrogen and oxygen atoms in total. The molecule has 5 heteroatoms. The van der Waals surface area contributed by atoms with Gasteiger partial charge in [-0.25, -0.2) is 0 Å². The predicted molar refractivity (Wildman–Crippen MR) is 76.9 cm³/mol. The first kappa shape index (κ1) is 13.7. The zero-order chi connectivity index (χ0) is 13.1. The molecule has 1 heterocycles. The number of carbonyl (C=O) groups is 1. The number of hydrogen-bond acceptors (Lipinski definition) is 4. The molecule has 0 aromatic carbocycles. The Bertz CT molecular complexity index is 345. The van der Waals surface area contributed by atoms with Crippen molar-refractivity contribution in [2.75, 3.05) is 19.3 Å². The molecule has 1 saturated carbocycles. The van der Waals surface area contributed by atoms with Gasteiger partial charge in [-0.15, -0.1) is 0 Å². The fraction of sp³-hybridized carbons (Fsp3) is 0.846. The summed E-state index contributed by atoms with van der Waals surface area (Å²) in [6.45, 7) is 4.65. The Balaban J connectivity index is 1.91. The molecule has 1 amide bonds. The number of carbonyl (C=O) groups excluding carboxylic acids is 1. The van der Waals surface area contributed by atoms with Crippen molar-refractivity contribution in [3.63, 3.8) is 0 Å². The van der Waals surface area contributed by atoms with E-state index >= 15 is 0 Å². The van der Waals surface area contributed by atoms with E-state index in [2.05, 4.69) is 5.32 Å². The first-order chi connectivity index (χ1) is 8.61. The third-order valence-corrected chi connectivity index (χ3v) is 4.99. The average molecular weight is 269 g/mol. The van der Waals surface area contributed by atoms with Crippen LogP contribution in [0.4, 0.5) is 0 Å². The highest BCUT2D eigenvalue weighted by atomic mass is 32.2. The van der Waals surface area contributed by atoms with Crippen molar-refractivity contribution in [3.05, 3.63) is 0 Å². The molecule has 18 heavy (non-hydrogen) atoms. The summed E-state index contributed by atoms with van der Waals surface area (Å²) in [5, 5.41) is 4.23. The zero-order valence-corrected chi connectivity index (χ0v) is 12.3. The third-order valence-electron chi connectivity index (χ3n) is 3.90. The molecule has 2 rings (SSSR count). The lowest BCUT2D eigenvalue weighted by Crippen LogP contribution is -2.46. The molecular formula is C13H23N3OS. The van der Waals surface area contributed by atoms with Crippen molar-refractivity contribution in [1.82, 2.24) is 10.2 Å². The van der Waals surface area contributed by atoms with Crippen LogP contribution in [0, 0.1) is 5.92 Å². The molecule has 0 saturated heterocycles. The van der Waals surface area contributed by atoms with E-state index in [1.165, 1.54) is 19.3 Å². The van der Waals surface area contributed by atoms with Gasteiger partial charge in [0.15, 0.2) is 5.17 Å². The smallest absolute Gasteiger partial charge is 0.244 e. The summed E-state index contributed by atoms with van der Waals surface area (Å²) < 4.78 is 0. The van der Waals surface area contributed by atoms with Crippen molar-refractivity contribution in [1.29, 1.82) is 0 Å². The van der Waals surface area contributed by atoms with Gasteiger partial charge in [0.2, 0.25) is 5.91 Å². The Kier molecular flexibility index (Phi) is 4.54. The first-order valence-corrected chi connectivity index (χ1v) is 7.82. The van der Waals surface area contributed by atoms with Crippen LogP contribution in [0.5, 0.6) is 0 Å². The van der Waals surface area contributed by atoms with Crippen LogP contribution in [0.2, 0.25) is 0 Å². The van der Waals surface area contributed by atoms with Crippen molar-refractivity contribution in [3.8, 4) is 0 Å². The molecule has 0 aromatic heterocycles. The number of likely N-dealkylation sites (N-methyl/N-ethyl adjacent to an activating group) is 1. The molecule has 1 aliphatic carbocycles. The van der Waals surface area contributed by atoms with Gasteiger partial charge >= 0.3 is 0 Å². The molecule has 0 aromatic rings. The summed E-state index contributed by atoms with van der Waals surface area (Å²) in [6, 6.07) is 0.319. The highest BCUT2D eigenvalue weighted by Gasteiger charge is 2.31. The minimum Gasteiger partial charge on any atom is -0.353 e. The monoisotopic (exact) mass is 269 g/mol. The molecule has 1 fully saturated rings. The fourth-order valence-electron chi connectivity index (χ4n) is 2.57. The standard InChI is InChI=1S/C13H23N3OS/c1-4-16(3)12(17)9(2)14-13-15-11-7-5-6-10(11)8-18-13/h9-11H,4-8H2,1-3H3,(H,14,15). The molecular weight excluding hydrogens is 246 g/mol. The lowest BCUT2D eigenvalue weighted by Gasteiger charge is -2.26. The van der Waals surface area contributed by atoms with Crippen molar-refractivity contribution >= 4 is 22.8 Å². The second-order valence-corrected chi connectivity index (χ2v) is 6.23. The van der Waals surface area contributed by atoms with Gasteiger partial charge in [0.25, 0.3) is 0 Å². The van der Waals surface area contributed by atoms with E-state index in [9.17, 15) is 4.79 Å². The lowest BCUT2D eigenvalue weighted by molar-refractivity contribution is -0.131. The van der Waals surface area contributed by atoms with E-state index in [1.54, 1.807) is 16.7 Å². The van der Waals surface area contributed by atoms with Crippen LogP contribution >= 0.6 is 11.8 Å². The Labute approximate surface area is 114 Å². The third kappa shape index (κ3) is 2.99. The molecule has 3 atom stereocenters. The minimum absolute atomic E-state index is 0.134. The van der Waals surface area contributed by atoms with Crippen LogP contribution < -0.4 is 5.32 Å². The summed E-state index contributed by atoms with van der Waals surface area (Å²) in [5.41, 5.74) is 0. The van der Waals surface area contributed by atoms with E-state index in [4.69, 9.17) is 4.99 Å². The summed E-state index contributed by atoms with van der Waals surface area (Å²) in [4.78, 5) is 18.5. The molecule has 102 valence electrons. The van der Waals surface area contributed by atoms with Crippen molar-refractivity contribution < 1.29 is 4.79 Å². The zero-order valence-electron chi connectivity index (χ0n) is 11.5. The van der Waals surface area contributed by atoms with E-state index < -0.39 is 0 Å². The number of hydrogen-bond donors (Lipinski definition) is 1. The first-order valence-electron chi connectivity index (χ1n) is 6.84. The van der Waals surface area contributed by atoms with E-state index in [-0.39, 0.29) is 11.9 Å². The van der Waals surface area contributed by atoms with Gasteiger partial charge in [-0.2, -0.15) is 0 Å². The van der Waals surface area contributed by atoms with Crippen LogP contribution in [0.15, 0.2) is 4.99 Å². The number of thioether (sulfide) groups is 1. The minimum atomic E-state index is -0.181. The van der Waals surface area contributed by atoms with Gasteiger partial charge in [-0.1, -0.05) is 18.2 Å².